The van der Waals surface area contributed by atoms with Crippen LogP contribution in [0.5, 0.6) is 0 Å². The molecular formula is C18H21NO. The van der Waals surface area contributed by atoms with E-state index in [0.717, 1.165) is 12.0 Å². The molecule has 0 amide bonds. The molecule has 1 aliphatic carbocycles. The van der Waals surface area contributed by atoms with Gasteiger partial charge in [-0.05, 0) is 34.2 Å². The molecule has 2 aromatic carbocycles. The Bertz CT molecular complexity index is 646. The van der Waals surface area contributed by atoms with Crippen LogP contribution >= 0.6 is 0 Å². The van der Waals surface area contributed by atoms with Gasteiger partial charge in [-0.15, -0.1) is 0 Å². The highest BCUT2D eigenvalue weighted by molar-refractivity contribution is 5.77. The van der Waals surface area contributed by atoms with Gasteiger partial charge in [-0.25, -0.2) is 0 Å². The first kappa shape index (κ1) is 13.3. The van der Waals surface area contributed by atoms with E-state index in [0.29, 0.717) is 0 Å². The highest BCUT2D eigenvalue weighted by Gasteiger charge is 2.28. The lowest BCUT2D eigenvalue weighted by Gasteiger charge is -2.30. The number of aliphatic hydroxyl groups is 1. The summed E-state index contributed by atoms with van der Waals surface area (Å²) in [6.45, 7) is 4.09. The van der Waals surface area contributed by atoms with Crippen LogP contribution in [0.15, 0.2) is 42.5 Å². The number of benzene rings is 2. The van der Waals surface area contributed by atoms with Gasteiger partial charge in [0, 0.05) is 18.1 Å². The molecule has 0 bridgehead atoms. The SMILES string of the molecule is CC(C)(CO)[C@@H](N)c1ccc2c(c1)Cc1ccccc1-2. The predicted octanol–water partition coefficient (Wildman–Crippen LogP) is 3.28. The Hall–Kier alpha value is -1.64. The first-order valence-electron chi connectivity index (χ1n) is 7.10. The van der Waals surface area contributed by atoms with E-state index in [1.54, 1.807) is 0 Å². The molecule has 20 heavy (non-hydrogen) atoms. The molecule has 0 spiro atoms. The van der Waals surface area contributed by atoms with E-state index >= 15 is 0 Å². The maximum Gasteiger partial charge on any atom is 0.0500 e. The molecule has 0 unspecified atom stereocenters. The van der Waals surface area contributed by atoms with Crippen LogP contribution in [0.1, 0.15) is 36.6 Å². The average molecular weight is 267 g/mol. The van der Waals surface area contributed by atoms with Crippen LogP contribution in [0.4, 0.5) is 0 Å². The Kier molecular flexibility index (Phi) is 3.15. The van der Waals surface area contributed by atoms with E-state index in [4.69, 9.17) is 5.73 Å². The molecule has 0 heterocycles. The zero-order chi connectivity index (χ0) is 14.3. The minimum atomic E-state index is -0.306. The van der Waals surface area contributed by atoms with Gasteiger partial charge in [0.1, 0.15) is 0 Å². The molecule has 2 aromatic rings. The first-order valence-corrected chi connectivity index (χ1v) is 7.10. The lowest BCUT2D eigenvalue weighted by molar-refractivity contribution is 0.132. The molecular weight excluding hydrogens is 246 g/mol. The largest absolute Gasteiger partial charge is 0.396 e. The Morgan fingerprint density at radius 3 is 2.55 bits per heavy atom. The average Bonchev–Trinajstić information content (AvgIpc) is 2.83. The summed E-state index contributed by atoms with van der Waals surface area (Å²) in [5, 5.41) is 9.48. The summed E-state index contributed by atoms with van der Waals surface area (Å²) in [5.41, 5.74) is 12.5. The standard InChI is InChI=1S/C18H21NO/c1-18(2,11-20)17(19)13-7-8-16-14(10-13)9-12-5-3-4-6-15(12)16/h3-8,10,17,20H,9,11,19H2,1-2H3/t17-/m0/s1. The zero-order valence-electron chi connectivity index (χ0n) is 12.1. The third-order valence-electron chi connectivity index (χ3n) is 4.43. The Morgan fingerprint density at radius 1 is 1.10 bits per heavy atom. The lowest BCUT2D eigenvalue weighted by atomic mass is 9.81. The van der Waals surface area contributed by atoms with Crippen molar-refractivity contribution >= 4 is 0 Å². The summed E-state index contributed by atoms with van der Waals surface area (Å²) in [4.78, 5) is 0. The second kappa shape index (κ2) is 4.72. The fourth-order valence-electron chi connectivity index (χ4n) is 2.91. The van der Waals surface area contributed by atoms with Gasteiger partial charge in [0.05, 0.1) is 0 Å². The summed E-state index contributed by atoms with van der Waals surface area (Å²) in [6, 6.07) is 14.9. The second-order valence-corrected chi connectivity index (χ2v) is 6.37. The summed E-state index contributed by atoms with van der Waals surface area (Å²) >= 11 is 0. The zero-order valence-corrected chi connectivity index (χ0v) is 12.1. The minimum absolute atomic E-state index is 0.0888. The van der Waals surface area contributed by atoms with Crippen molar-refractivity contribution in [1.82, 2.24) is 0 Å². The number of hydrogen-bond acceptors (Lipinski definition) is 2. The summed E-state index contributed by atoms with van der Waals surface area (Å²) in [7, 11) is 0. The Morgan fingerprint density at radius 2 is 1.80 bits per heavy atom. The molecule has 1 aliphatic rings. The fraction of sp³-hybridized carbons (Fsp3) is 0.333. The summed E-state index contributed by atoms with van der Waals surface area (Å²) in [6.07, 6.45) is 0.978. The highest BCUT2D eigenvalue weighted by atomic mass is 16.3. The van der Waals surface area contributed by atoms with E-state index in [9.17, 15) is 5.11 Å². The number of rotatable bonds is 3. The van der Waals surface area contributed by atoms with Crippen LogP contribution in [0.3, 0.4) is 0 Å². The predicted molar refractivity (Wildman–Crippen MR) is 82.5 cm³/mol. The molecule has 0 fully saturated rings. The summed E-state index contributed by atoms with van der Waals surface area (Å²) in [5.74, 6) is 0. The molecule has 0 aromatic heterocycles. The van der Waals surface area contributed by atoms with E-state index < -0.39 is 0 Å². The van der Waals surface area contributed by atoms with Gasteiger partial charge in [0.2, 0.25) is 0 Å². The van der Waals surface area contributed by atoms with Gasteiger partial charge >= 0.3 is 0 Å². The van der Waals surface area contributed by atoms with Crippen LogP contribution in [-0.2, 0) is 6.42 Å². The van der Waals surface area contributed by atoms with Gasteiger partial charge < -0.3 is 10.8 Å². The van der Waals surface area contributed by atoms with Gasteiger partial charge in [-0.3, -0.25) is 0 Å². The highest BCUT2D eigenvalue weighted by Crippen LogP contribution is 2.39. The van der Waals surface area contributed by atoms with Crippen molar-refractivity contribution in [3.05, 3.63) is 59.2 Å². The van der Waals surface area contributed by atoms with Crippen molar-refractivity contribution < 1.29 is 5.11 Å². The van der Waals surface area contributed by atoms with Crippen molar-refractivity contribution in [2.45, 2.75) is 26.3 Å². The Labute approximate surface area is 120 Å². The van der Waals surface area contributed by atoms with Crippen molar-refractivity contribution in [2.24, 2.45) is 11.1 Å². The van der Waals surface area contributed by atoms with Crippen molar-refractivity contribution in [3.63, 3.8) is 0 Å². The monoisotopic (exact) mass is 267 g/mol. The molecule has 2 heteroatoms. The van der Waals surface area contributed by atoms with Crippen LogP contribution in [0.25, 0.3) is 11.1 Å². The Balaban J connectivity index is 1.99. The van der Waals surface area contributed by atoms with E-state index in [2.05, 4.69) is 42.5 Å². The van der Waals surface area contributed by atoms with E-state index in [-0.39, 0.29) is 18.1 Å². The number of hydrogen-bond donors (Lipinski definition) is 2. The topological polar surface area (TPSA) is 46.2 Å². The molecule has 104 valence electrons. The normalized spacial score (nSPS) is 14.8. The van der Waals surface area contributed by atoms with Crippen molar-refractivity contribution in [1.29, 1.82) is 0 Å². The second-order valence-electron chi connectivity index (χ2n) is 6.37. The van der Waals surface area contributed by atoms with Gasteiger partial charge in [-0.1, -0.05) is 56.3 Å². The third-order valence-corrected chi connectivity index (χ3v) is 4.43. The van der Waals surface area contributed by atoms with Crippen molar-refractivity contribution in [2.75, 3.05) is 6.61 Å². The molecule has 3 N–H and O–H groups in total. The minimum Gasteiger partial charge on any atom is -0.396 e. The number of nitrogens with two attached hydrogens (primary N) is 1. The van der Waals surface area contributed by atoms with Crippen molar-refractivity contribution in [3.8, 4) is 11.1 Å². The van der Waals surface area contributed by atoms with E-state index in [1.165, 1.54) is 22.3 Å². The van der Waals surface area contributed by atoms with Crippen LogP contribution in [0.2, 0.25) is 0 Å². The smallest absolute Gasteiger partial charge is 0.0500 e. The maximum atomic E-state index is 9.48. The fourth-order valence-corrected chi connectivity index (χ4v) is 2.91. The maximum absolute atomic E-state index is 9.48. The summed E-state index contributed by atoms with van der Waals surface area (Å²) < 4.78 is 0. The molecule has 0 saturated carbocycles. The molecule has 0 radical (unpaired) electrons. The number of aliphatic hydroxyl groups excluding tert-OH is 1. The third kappa shape index (κ3) is 2.05. The van der Waals surface area contributed by atoms with Gasteiger partial charge in [-0.2, -0.15) is 0 Å². The molecule has 2 nitrogen and oxygen atoms in total. The molecule has 0 saturated heterocycles. The van der Waals surface area contributed by atoms with E-state index in [1.807, 2.05) is 13.8 Å². The van der Waals surface area contributed by atoms with Gasteiger partial charge in [0.25, 0.3) is 0 Å². The quantitative estimate of drug-likeness (QED) is 0.765. The first-order chi connectivity index (χ1) is 9.53. The molecule has 3 rings (SSSR count). The van der Waals surface area contributed by atoms with Crippen LogP contribution in [0, 0.1) is 5.41 Å². The van der Waals surface area contributed by atoms with Gasteiger partial charge in [0.15, 0.2) is 0 Å². The molecule has 0 aliphatic heterocycles. The van der Waals surface area contributed by atoms with Crippen LogP contribution in [-0.4, -0.2) is 11.7 Å². The molecule has 1 atom stereocenters. The lowest BCUT2D eigenvalue weighted by Crippen LogP contribution is -2.32. The number of fused-ring (bicyclic) bond motifs is 3. The van der Waals surface area contributed by atoms with Crippen LogP contribution < -0.4 is 5.73 Å².